The van der Waals surface area contributed by atoms with Crippen molar-refractivity contribution in [2.75, 3.05) is 7.05 Å². The van der Waals surface area contributed by atoms with E-state index in [1.807, 2.05) is 17.5 Å². The molecule has 104 valence electrons. The number of hydrogen-bond donors (Lipinski definition) is 1. The maximum Gasteiger partial charge on any atom is 0.0940 e. The fraction of sp³-hybridized carbons (Fsp3) is 0.812. The van der Waals surface area contributed by atoms with Crippen molar-refractivity contribution in [3.05, 3.63) is 16.6 Å². The Hall–Kier alpha value is -0.410. The second-order valence-corrected chi connectivity index (χ2v) is 8.23. The van der Waals surface area contributed by atoms with Crippen molar-refractivity contribution < 1.29 is 0 Å². The van der Waals surface area contributed by atoms with Crippen LogP contribution < -0.4 is 5.32 Å². The molecule has 1 atom stereocenters. The van der Waals surface area contributed by atoms with Gasteiger partial charge in [0.2, 0.25) is 0 Å². The third kappa shape index (κ3) is 2.06. The first-order valence-electron chi connectivity index (χ1n) is 7.83. The van der Waals surface area contributed by atoms with Gasteiger partial charge in [-0.05, 0) is 68.7 Å². The van der Waals surface area contributed by atoms with E-state index >= 15 is 0 Å². The van der Waals surface area contributed by atoms with Crippen molar-refractivity contribution in [2.24, 2.45) is 23.2 Å². The predicted molar refractivity (Wildman–Crippen MR) is 79.3 cm³/mol. The second-order valence-electron chi connectivity index (χ2n) is 7.25. The fourth-order valence-corrected chi connectivity index (χ4v) is 6.42. The largest absolute Gasteiger partial charge is 0.316 e. The third-order valence-corrected chi connectivity index (χ3v) is 6.84. The SMILES string of the molecule is CNC(Cc1nccs1)C12CC3CC(CC(C3)C1)C2. The van der Waals surface area contributed by atoms with E-state index in [1.165, 1.54) is 43.5 Å². The van der Waals surface area contributed by atoms with Gasteiger partial charge in [0.15, 0.2) is 0 Å². The van der Waals surface area contributed by atoms with Gasteiger partial charge < -0.3 is 5.32 Å². The van der Waals surface area contributed by atoms with Gasteiger partial charge in [-0.15, -0.1) is 11.3 Å². The minimum atomic E-state index is 0.592. The van der Waals surface area contributed by atoms with Crippen molar-refractivity contribution in [1.29, 1.82) is 0 Å². The Balaban J connectivity index is 1.58. The minimum Gasteiger partial charge on any atom is -0.316 e. The third-order valence-electron chi connectivity index (χ3n) is 6.04. The van der Waals surface area contributed by atoms with Crippen LogP contribution in [0.2, 0.25) is 0 Å². The highest BCUT2D eigenvalue weighted by Crippen LogP contribution is 2.61. The molecular formula is C16H24N2S. The van der Waals surface area contributed by atoms with E-state index in [9.17, 15) is 0 Å². The van der Waals surface area contributed by atoms with Gasteiger partial charge in [-0.3, -0.25) is 0 Å². The average Bonchev–Trinajstić information content (AvgIpc) is 2.87. The Kier molecular flexibility index (Phi) is 2.96. The summed E-state index contributed by atoms with van der Waals surface area (Å²) in [6.45, 7) is 0. The molecular weight excluding hydrogens is 252 g/mol. The van der Waals surface area contributed by atoms with E-state index in [0.29, 0.717) is 11.5 Å². The predicted octanol–water partition coefficient (Wildman–Crippen LogP) is 3.49. The minimum absolute atomic E-state index is 0.592. The normalized spacial score (nSPS) is 41.6. The topological polar surface area (TPSA) is 24.9 Å². The Morgan fingerprint density at radius 2 is 1.89 bits per heavy atom. The van der Waals surface area contributed by atoms with E-state index in [2.05, 4.69) is 22.7 Å². The Labute approximate surface area is 120 Å². The summed E-state index contributed by atoms with van der Waals surface area (Å²) in [5.41, 5.74) is 0.592. The highest BCUT2D eigenvalue weighted by molar-refractivity contribution is 7.09. The molecule has 0 aromatic carbocycles. The van der Waals surface area contributed by atoms with Crippen molar-refractivity contribution >= 4 is 11.3 Å². The van der Waals surface area contributed by atoms with Crippen LogP contribution in [0.25, 0.3) is 0 Å². The summed E-state index contributed by atoms with van der Waals surface area (Å²) < 4.78 is 0. The van der Waals surface area contributed by atoms with Crippen molar-refractivity contribution in [3.63, 3.8) is 0 Å². The molecule has 0 spiro atoms. The van der Waals surface area contributed by atoms with Gasteiger partial charge >= 0.3 is 0 Å². The lowest BCUT2D eigenvalue weighted by Gasteiger charge is -2.59. The molecule has 1 aromatic rings. The zero-order chi connectivity index (χ0) is 12.9. The number of rotatable bonds is 4. The molecule has 4 aliphatic carbocycles. The molecule has 1 aromatic heterocycles. The van der Waals surface area contributed by atoms with Crippen LogP contribution in [0.4, 0.5) is 0 Å². The molecule has 2 nitrogen and oxygen atoms in total. The summed E-state index contributed by atoms with van der Waals surface area (Å²) in [6, 6.07) is 0.645. The molecule has 4 aliphatic rings. The summed E-state index contributed by atoms with van der Waals surface area (Å²) in [5.74, 6) is 3.12. The highest BCUT2D eigenvalue weighted by Gasteiger charge is 2.53. The molecule has 0 saturated heterocycles. The van der Waals surface area contributed by atoms with Gasteiger partial charge in [0, 0.05) is 24.0 Å². The van der Waals surface area contributed by atoms with Crippen LogP contribution in [0, 0.1) is 23.2 Å². The van der Waals surface area contributed by atoms with Gasteiger partial charge in [0.05, 0.1) is 5.01 Å². The van der Waals surface area contributed by atoms with E-state index in [4.69, 9.17) is 0 Å². The van der Waals surface area contributed by atoms with Crippen molar-refractivity contribution in [1.82, 2.24) is 10.3 Å². The lowest BCUT2D eigenvalue weighted by atomic mass is 9.47. The van der Waals surface area contributed by atoms with Crippen molar-refractivity contribution in [2.45, 2.75) is 51.0 Å². The number of nitrogens with zero attached hydrogens (tertiary/aromatic N) is 1. The average molecular weight is 276 g/mol. The summed E-state index contributed by atoms with van der Waals surface area (Å²) >= 11 is 1.82. The van der Waals surface area contributed by atoms with Crippen LogP contribution in [0.5, 0.6) is 0 Å². The number of likely N-dealkylation sites (N-methyl/N-ethyl adjacent to an activating group) is 1. The maximum atomic E-state index is 4.51. The second kappa shape index (κ2) is 4.56. The van der Waals surface area contributed by atoms with E-state index in [0.717, 1.165) is 24.2 Å². The zero-order valence-corrected chi connectivity index (χ0v) is 12.6. The molecule has 4 bridgehead atoms. The van der Waals surface area contributed by atoms with E-state index < -0.39 is 0 Å². The van der Waals surface area contributed by atoms with Crippen LogP contribution in [-0.2, 0) is 6.42 Å². The number of thiazole rings is 1. The smallest absolute Gasteiger partial charge is 0.0940 e. The molecule has 19 heavy (non-hydrogen) atoms. The first kappa shape index (κ1) is 12.3. The van der Waals surface area contributed by atoms with Gasteiger partial charge in [-0.1, -0.05) is 0 Å². The Morgan fingerprint density at radius 3 is 2.37 bits per heavy atom. The van der Waals surface area contributed by atoms with Crippen LogP contribution in [0.3, 0.4) is 0 Å². The lowest BCUT2D eigenvalue weighted by molar-refractivity contribution is -0.0724. The maximum absolute atomic E-state index is 4.51. The lowest BCUT2D eigenvalue weighted by Crippen LogP contribution is -2.56. The number of nitrogens with one attached hydrogen (secondary N) is 1. The quantitative estimate of drug-likeness (QED) is 0.910. The van der Waals surface area contributed by atoms with Crippen LogP contribution >= 0.6 is 11.3 Å². The molecule has 4 saturated carbocycles. The molecule has 0 amide bonds. The summed E-state index contributed by atoms with van der Waals surface area (Å²) in [6.07, 6.45) is 12.1. The summed E-state index contributed by atoms with van der Waals surface area (Å²) in [4.78, 5) is 4.51. The van der Waals surface area contributed by atoms with Gasteiger partial charge in [0.25, 0.3) is 0 Å². The van der Waals surface area contributed by atoms with Gasteiger partial charge in [-0.2, -0.15) is 0 Å². The molecule has 1 N–H and O–H groups in total. The van der Waals surface area contributed by atoms with Gasteiger partial charge in [-0.25, -0.2) is 4.98 Å². The highest BCUT2D eigenvalue weighted by atomic mass is 32.1. The monoisotopic (exact) mass is 276 g/mol. The molecule has 3 heteroatoms. The Morgan fingerprint density at radius 1 is 1.26 bits per heavy atom. The first-order valence-corrected chi connectivity index (χ1v) is 8.71. The first-order chi connectivity index (χ1) is 9.27. The van der Waals surface area contributed by atoms with Gasteiger partial charge in [0.1, 0.15) is 0 Å². The fourth-order valence-electron chi connectivity index (χ4n) is 5.76. The molecule has 0 aliphatic heterocycles. The van der Waals surface area contributed by atoms with E-state index in [1.54, 1.807) is 0 Å². The molecule has 4 fully saturated rings. The molecule has 1 unspecified atom stereocenters. The summed E-state index contributed by atoms with van der Waals surface area (Å²) in [7, 11) is 2.16. The van der Waals surface area contributed by atoms with Crippen LogP contribution in [0.15, 0.2) is 11.6 Å². The number of hydrogen-bond acceptors (Lipinski definition) is 3. The van der Waals surface area contributed by atoms with E-state index in [-0.39, 0.29) is 0 Å². The standard InChI is InChI=1S/C16H24N2S/c1-17-14(7-15-18-2-3-19-15)16-8-11-4-12(9-16)6-13(5-11)10-16/h2-3,11-14,17H,4-10H2,1H3. The van der Waals surface area contributed by atoms with Crippen LogP contribution in [0.1, 0.15) is 43.5 Å². The molecule has 0 radical (unpaired) electrons. The summed E-state index contributed by atoms with van der Waals surface area (Å²) in [5, 5.41) is 7.09. The molecule has 1 heterocycles. The number of aromatic nitrogens is 1. The molecule has 5 rings (SSSR count). The zero-order valence-electron chi connectivity index (χ0n) is 11.8. The van der Waals surface area contributed by atoms with Crippen molar-refractivity contribution in [3.8, 4) is 0 Å². The Bertz CT molecular complexity index is 404. The van der Waals surface area contributed by atoms with Crippen LogP contribution in [-0.4, -0.2) is 18.1 Å².